The second-order valence-corrected chi connectivity index (χ2v) is 3.60. The van der Waals surface area contributed by atoms with Crippen molar-refractivity contribution in [2.75, 3.05) is 12.4 Å². The lowest BCUT2D eigenvalue weighted by molar-refractivity contribution is 0.381. The zero-order chi connectivity index (χ0) is 14.9. The second kappa shape index (κ2) is 5.41. The van der Waals surface area contributed by atoms with Crippen LogP contribution in [0.4, 0.5) is 33.7 Å². The molecule has 0 radical (unpaired) electrons. The van der Waals surface area contributed by atoms with E-state index in [9.17, 15) is 22.0 Å². The van der Waals surface area contributed by atoms with Crippen molar-refractivity contribution in [1.82, 2.24) is 15.5 Å². The van der Waals surface area contributed by atoms with Gasteiger partial charge in [0.1, 0.15) is 5.69 Å². The first kappa shape index (κ1) is 14.2. The molecule has 0 unspecified atom stereocenters. The molecule has 0 saturated heterocycles. The summed E-state index contributed by atoms with van der Waals surface area (Å²) in [7, 11) is 1.58. The van der Waals surface area contributed by atoms with Crippen molar-refractivity contribution >= 4 is 11.7 Å². The van der Waals surface area contributed by atoms with E-state index in [1.807, 2.05) is 5.32 Å². The lowest BCUT2D eigenvalue weighted by Gasteiger charge is -2.07. The first-order valence-corrected chi connectivity index (χ1v) is 5.21. The van der Waals surface area contributed by atoms with Gasteiger partial charge in [-0.25, -0.2) is 22.0 Å². The van der Waals surface area contributed by atoms with Gasteiger partial charge in [-0.15, -0.1) is 5.10 Å². The predicted molar refractivity (Wildman–Crippen MR) is 56.6 cm³/mol. The largest absolute Gasteiger partial charge is 0.406 e. The Balaban J connectivity index is 2.38. The Kier molecular flexibility index (Phi) is 3.84. The van der Waals surface area contributed by atoms with Crippen LogP contribution in [0.2, 0.25) is 0 Å². The Bertz CT molecular complexity index is 616. The molecular formula is C10H7F5N4O. The van der Waals surface area contributed by atoms with Crippen LogP contribution < -0.4 is 10.6 Å². The first-order valence-electron chi connectivity index (χ1n) is 5.21. The van der Waals surface area contributed by atoms with Crippen molar-refractivity contribution in [2.45, 2.75) is 6.54 Å². The number of nitrogens with zero attached hydrogens (tertiary/aromatic N) is 2. The third kappa shape index (κ3) is 2.41. The number of anilines is 2. The van der Waals surface area contributed by atoms with Gasteiger partial charge in [-0.2, -0.15) is 0 Å². The summed E-state index contributed by atoms with van der Waals surface area (Å²) in [4.78, 5) is 0. The van der Waals surface area contributed by atoms with Crippen LogP contribution in [0.3, 0.4) is 0 Å². The number of nitrogens with one attached hydrogen (secondary N) is 2. The number of rotatable bonds is 4. The summed E-state index contributed by atoms with van der Waals surface area (Å²) in [5.74, 6) is -10.3. The molecule has 0 fully saturated rings. The van der Waals surface area contributed by atoms with Gasteiger partial charge in [0.15, 0.2) is 23.3 Å². The minimum atomic E-state index is -2.24. The average molecular weight is 294 g/mol. The monoisotopic (exact) mass is 294 g/mol. The Morgan fingerprint density at radius 2 is 1.45 bits per heavy atom. The van der Waals surface area contributed by atoms with E-state index in [1.54, 1.807) is 7.05 Å². The summed E-state index contributed by atoms with van der Waals surface area (Å²) >= 11 is 0. The van der Waals surface area contributed by atoms with E-state index in [-0.39, 0.29) is 12.4 Å². The Morgan fingerprint density at radius 1 is 0.900 bits per heavy atom. The molecule has 2 aromatic rings. The highest BCUT2D eigenvalue weighted by molar-refractivity contribution is 5.54. The van der Waals surface area contributed by atoms with Crippen molar-refractivity contribution in [2.24, 2.45) is 0 Å². The molecule has 20 heavy (non-hydrogen) atoms. The molecule has 0 aliphatic heterocycles. The van der Waals surface area contributed by atoms with Gasteiger partial charge in [0, 0.05) is 0 Å². The molecule has 0 aliphatic carbocycles. The summed E-state index contributed by atoms with van der Waals surface area (Å²) in [6, 6.07) is -0.501. The topological polar surface area (TPSA) is 63.0 Å². The quantitative estimate of drug-likeness (QED) is 0.514. The van der Waals surface area contributed by atoms with E-state index in [2.05, 4.69) is 15.5 Å². The molecule has 0 aliphatic rings. The van der Waals surface area contributed by atoms with Crippen molar-refractivity contribution in [3.63, 3.8) is 0 Å². The van der Waals surface area contributed by atoms with Gasteiger partial charge in [0.2, 0.25) is 11.7 Å². The number of aromatic nitrogens is 2. The van der Waals surface area contributed by atoms with E-state index in [0.717, 1.165) is 0 Å². The van der Waals surface area contributed by atoms with E-state index in [0.29, 0.717) is 0 Å². The second-order valence-electron chi connectivity index (χ2n) is 3.60. The van der Waals surface area contributed by atoms with E-state index < -0.39 is 40.8 Å². The first-order chi connectivity index (χ1) is 9.45. The van der Waals surface area contributed by atoms with Gasteiger partial charge in [0.25, 0.3) is 0 Å². The minimum absolute atomic E-state index is 0.0684. The van der Waals surface area contributed by atoms with Crippen LogP contribution in [0.5, 0.6) is 0 Å². The highest BCUT2D eigenvalue weighted by Gasteiger charge is 2.26. The number of hydrogen-bond acceptors (Lipinski definition) is 5. The van der Waals surface area contributed by atoms with Gasteiger partial charge in [-0.05, 0) is 7.05 Å². The van der Waals surface area contributed by atoms with Crippen LogP contribution in [0.1, 0.15) is 5.89 Å². The molecule has 1 aromatic heterocycles. The molecule has 0 atom stereocenters. The highest BCUT2D eigenvalue weighted by Crippen LogP contribution is 2.29. The Hall–Kier alpha value is -2.23. The smallest absolute Gasteiger partial charge is 0.320 e. The molecule has 0 saturated carbocycles. The molecule has 0 spiro atoms. The summed E-state index contributed by atoms with van der Waals surface area (Å²) in [6.45, 7) is 0.172. The maximum absolute atomic E-state index is 13.4. The van der Waals surface area contributed by atoms with Crippen LogP contribution in [0.15, 0.2) is 4.42 Å². The SMILES string of the molecule is CNCc1nnc(Nc2c(F)c(F)c(F)c(F)c2F)o1. The van der Waals surface area contributed by atoms with Gasteiger partial charge in [-0.3, -0.25) is 0 Å². The zero-order valence-corrected chi connectivity index (χ0v) is 9.90. The average Bonchev–Trinajstić information content (AvgIpc) is 2.87. The number of halogens is 5. The van der Waals surface area contributed by atoms with Gasteiger partial charge >= 0.3 is 6.01 Å². The summed E-state index contributed by atoms with van der Waals surface area (Å²) in [5, 5.41) is 11.4. The fraction of sp³-hybridized carbons (Fsp3) is 0.200. The summed E-state index contributed by atoms with van der Waals surface area (Å²) < 4.78 is 70.3. The lowest BCUT2D eigenvalue weighted by atomic mass is 10.2. The molecule has 1 aromatic carbocycles. The van der Waals surface area contributed by atoms with Crippen LogP contribution in [-0.2, 0) is 6.54 Å². The molecule has 2 N–H and O–H groups in total. The van der Waals surface area contributed by atoms with Crippen LogP contribution >= 0.6 is 0 Å². The maximum Gasteiger partial charge on any atom is 0.320 e. The third-order valence-electron chi connectivity index (χ3n) is 2.24. The van der Waals surface area contributed by atoms with Crippen LogP contribution in [0.25, 0.3) is 0 Å². The third-order valence-corrected chi connectivity index (χ3v) is 2.24. The lowest BCUT2D eigenvalue weighted by Crippen LogP contribution is -2.07. The Labute approximate surface area is 108 Å². The number of benzene rings is 1. The fourth-order valence-electron chi connectivity index (χ4n) is 1.35. The maximum atomic E-state index is 13.4. The van der Waals surface area contributed by atoms with Crippen LogP contribution in [-0.4, -0.2) is 17.2 Å². The van der Waals surface area contributed by atoms with Crippen molar-refractivity contribution in [3.8, 4) is 0 Å². The van der Waals surface area contributed by atoms with Crippen molar-refractivity contribution in [3.05, 3.63) is 35.0 Å². The molecule has 0 amide bonds. The molecule has 1 heterocycles. The summed E-state index contributed by atoms with van der Waals surface area (Å²) in [6.07, 6.45) is 0. The van der Waals surface area contributed by atoms with Gasteiger partial charge < -0.3 is 15.1 Å². The van der Waals surface area contributed by atoms with Crippen LogP contribution in [0, 0.1) is 29.1 Å². The normalized spacial score (nSPS) is 10.9. The van der Waals surface area contributed by atoms with Crippen molar-refractivity contribution < 1.29 is 26.4 Å². The van der Waals surface area contributed by atoms with E-state index in [4.69, 9.17) is 4.42 Å². The predicted octanol–water partition coefficient (Wildman–Crippen LogP) is 2.23. The van der Waals surface area contributed by atoms with E-state index in [1.165, 1.54) is 0 Å². The highest BCUT2D eigenvalue weighted by atomic mass is 19.2. The molecular weight excluding hydrogens is 287 g/mol. The molecule has 10 heteroatoms. The minimum Gasteiger partial charge on any atom is -0.406 e. The molecule has 2 rings (SSSR count). The molecule has 5 nitrogen and oxygen atoms in total. The summed E-state index contributed by atoms with van der Waals surface area (Å²) in [5.41, 5.74) is -1.26. The van der Waals surface area contributed by atoms with Gasteiger partial charge in [-0.1, -0.05) is 5.10 Å². The van der Waals surface area contributed by atoms with Gasteiger partial charge in [0.05, 0.1) is 6.54 Å². The zero-order valence-electron chi connectivity index (χ0n) is 9.90. The van der Waals surface area contributed by atoms with E-state index >= 15 is 0 Å². The Morgan fingerprint density at radius 3 is 2.00 bits per heavy atom. The number of hydrogen-bond donors (Lipinski definition) is 2. The standard InChI is InChI=1S/C10H7F5N4O/c1-16-2-3-18-19-10(20-3)17-9-7(14)5(12)4(11)6(13)8(9)15/h16H,2H2,1H3,(H,17,19). The molecule has 0 bridgehead atoms. The molecule has 108 valence electrons. The fourth-order valence-corrected chi connectivity index (χ4v) is 1.35. The van der Waals surface area contributed by atoms with Crippen molar-refractivity contribution in [1.29, 1.82) is 0 Å².